The molecule has 0 aromatic carbocycles. The van der Waals surface area contributed by atoms with E-state index >= 15 is 0 Å². The number of nitrogens with zero attached hydrogens (tertiary/aromatic N) is 1. The zero-order valence-corrected chi connectivity index (χ0v) is 15.4. The molecule has 0 saturated heterocycles. The second kappa shape index (κ2) is 10.5. The van der Waals surface area contributed by atoms with Crippen molar-refractivity contribution in [1.29, 1.82) is 0 Å². The van der Waals surface area contributed by atoms with Gasteiger partial charge in [-0.2, -0.15) is 0 Å². The molecule has 1 heterocycles. The third-order valence-electron chi connectivity index (χ3n) is 4.11. The van der Waals surface area contributed by atoms with E-state index in [4.69, 9.17) is 9.47 Å². The molecule has 2 unspecified atom stereocenters. The molecular weight excluding hydrogens is 328 g/mol. The van der Waals surface area contributed by atoms with Crippen molar-refractivity contribution in [3.63, 3.8) is 0 Å². The van der Waals surface area contributed by atoms with Gasteiger partial charge in [0, 0.05) is 26.0 Å². The van der Waals surface area contributed by atoms with Gasteiger partial charge in [-0.3, -0.25) is 10.3 Å². The number of carbonyl (C=O) groups is 1. The zero-order valence-electron chi connectivity index (χ0n) is 15.4. The second-order valence-electron chi connectivity index (χ2n) is 5.91. The molecule has 5 heteroatoms. The molecule has 0 saturated carbocycles. The summed E-state index contributed by atoms with van der Waals surface area (Å²) in [4.78, 5) is 16.7. The Bertz CT molecular complexity index is 692. The molecular formula is C21H26N2O3. The Morgan fingerprint density at radius 1 is 1.50 bits per heavy atom. The van der Waals surface area contributed by atoms with E-state index < -0.39 is 18.3 Å². The van der Waals surface area contributed by atoms with E-state index in [-0.39, 0.29) is 0 Å². The topological polar surface area (TPSA) is 60.4 Å². The van der Waals surface area contributed by atoms with Crippen LogP contribution in [0.25, 0.3) is 0 Å². The van der Waals surface area contributed by atoms with Gasteiger partial charge in [0.1, 0.15) is 6.10 Å². The van der Waals surface area contributed by atoms with Crippen LogP contribution in [-0.4, -0.2) is 30.4 Å². The predicted octanol–water partition coefficient (Wildman–Crippen LogP) is 3.46. The third kappa shape index (κ3) is 5.79. The average molecular weight is 354 g/mol. The molecule has 0 amide bonds. The maximum atomic E-state index is 12.7. The van der Waals surface area contributed by atoms with Crippen LogP contribution >= 0.6 is 0 Å². The first-order valence-electron chi connectivity index (χ1n) is 8.72. The lowest BCUT2D eigenvalue weighted by atomic mass is 10.1. The molecule has 0 spiro atoms. The number of aromatic nitrogens is 1. The minimum atomic E-state index is -0.656. The van der Waals surface area contributed by atoms with Crippen molar-refractivity contribution in [2.45, 2.75) is 38.6 Å². The Balaban J connectivity index is 2.10. The SMILES string of the molecule is C=CC(OC)C(NCc1cccnc1)OC(=O)C1=CC=CCC(CC)=C1. The fraction of sp³-hybridized carbons (Fsp3) is 0.333. The van der Waals surface area contributed by atoms with Crippen molar-refractivity contribution >= 4 is 5.97 Å². The third-order valence-corrected chi connectivity index (χ3v) is 4.11. The van der Waals surface area contributed by atoms with Crippen LogP contribution < -0.4 is 5.32 Å². The van der Waals surface area contributed by atoms with E-state index in [1.807, 2.05) is 30.4 Å². The van der Waals surface area contributed by atoms with Gasteiger partial charge in [-0.25, -0.2) is 4.79 Å². The Labute approximate surface area is 155 Å². The highest BCUT2D eigenvalue weighted by Crippen LogP contribution is 2.17. The number of hydrogen-bond donors (Lipinski definition) is 1. The van der Waals surface area contributed by atoms with Crippen LogP contribution in [0.2, 0.25) is 0 Å². The highest BCUT2D eigenvalue weighted by molar-refractivity contribution is 5.92. The Morgan fingerprint density at radius 3 is 3.00 bits per heavy atom. The standard InChI is InChI=1S/C21H26N2O3/c1-4-16-9-6-7-11-18(13-16)21(24)26-20(19(5-2)25-3)23-15-17-10-8-12-22-14-17/h5-8,10-14,19-20,23H,2,4,9,15H2,1,3H3. The minimum absolute atomic E-state index is 0.393. The van der Waals surface area contributed by atoms with Crippen LogP contribution in [0, 0.1) is 0 Å². The fourth-order valence-corrected chi connectivity index (χ4v) is 2.56. The van der Waals surface area contributed by atoms with E-state index in [9.17, 15) is 4.79 Å². The number of methoxy groups -OCH3 is 1. The lowest BCUT2D eigenvalue weighted by Crippen LogP contribution is -2.43. The summed E-state index contributed by atoms with van der Waals surface area (Å²) in [5.41, 5.74) is 2.70. The summed E-state index contributed by atoms with van der Waals surface area (Å²) in [5, 5.41) is 3.20. The highest BCUT2D eigenvalue weighted by Gasteiger charge is 2.24. The molecule has 1 aliphatic rings. The molecule has 1 aliphatic carbocycles. The van der Waals surface area contributed by atoms with Gasteiger partial charge in [0.25, 0.3) is 0 Å². The van der Waals surface area contributed by atoms with Crippen molar-refractivity contribution in [2.24, 2.45) is 0 Å². The van der Waals surface area contributed by atoms with Crippen LogP contribution in [0.15, 0.2) is 72.6 Å². The molecule has 26 heavy (non-hydrogen) atoms. The summed E-state index contributed by atoms with van der Waals surface area (Å²) in [6.45, 7) is 6.33. The van der Waals surface area contributed by atoms with Crippen LogP contribution in [0.4, 0.5) is 0 Å². The largest absolute Gasteiger partial charge is 0.440 e. The monoisotopic (exact) mass is 354 g/mol. The van der Waals surface area contributed by atoms with Crippen LogP contribution in [0.1, 0.15) is 25.3 Å². The number of rotatable bonds is 9. The maximum Gasteiger partial charge on any atom is 0.339 e. The predicted molar refractivity (Wildman–Crippen MR) is 102 cm³/mol. The van der Waals surface area contributed by atoms with Gasteiger partial charge in [-0.1, -0.05) is 36.8 Å². The first-order chi connectivity index (χ1) is 12.7. The first-order valence-corrected chi connectivity index (χ1v) is 8.72. The highest BCUT2D eigenvalue weighted by atomic mass is 16.6. The van der Waals surface area contributed by atoms with E-state index in [1.165, 1.54) is 5.57 Å². The molecule has 1 N–H and O–H groups in total. The van der Waals surface area contributed by atoms with Gasteiger partial charge < -0.3 is 9.47 Å². The lowest BCUT2D eigenvalue weighted by Gasteiger charge is -2.25. The average Bonchev–Trinajstić information content (AvgIpc) is 2.93. The minimum Gasteiger partial charge on any atom is -0.440 e. The van der Waals surface area contributed by atoms with Crippen molar-refractivity contribution in [3.05, 3.63) is 78.2 Å². The quantitative estimate of drug-likeness (QED) is 0.418. The van der Waals surface area contributed by atoms with Gasteiger partial charge in [0.05, 0.1) is 5.57 Å². The van der Waals surface area contributed by atoms with Gasteiger partial charge in [0.15, 0.2) is 6.23 Å². The Hall–Kier alpha value is -2.50. The van der Waals surface area contributed by atoms with Gasteiger partial charge in [-0.15, -0.1) is 6.58 Å². The Kier molecular flexibility index (Phi) is 7.99. The van der Waals surface area contributed by atoms with Gasteiger partial charge in [0.2, 0.25) is 0 Å². The van der Waals surface area contributed by atoms with Crippen LogP contribution in [0.3, 0.4) is 0 Å². The van der Waals surface area contributed by atoms with Crippen LogP contribution in [0.5, 0.6) is 0 Å². The fourth-order valence-electron chi connectivity index (χ4n) is 2.56. The van der Waals surface area contributed by atoms with Crippen molar-refractivity contribution < 1.29 is 14.3 Å². The molecule has 5 nitrogen and oxygen atoms in total. The molecule has 1 aromatic rings. The summed E-state index contributed by atoms with van der Waals surface area (Å²) < 4.78 is 11.1. The summed E-state index contributed by atoms with van der Waals surface area (Å²) in [6, 6.07) is 3.81. The maximum absolute atomic E-state index is 12.7. The van der Waals surface area contributed by atoms with E-state index in [0.29, 0.717) is 12.1 Å². The smallest absolute Gasteiger partial charge is 0.339 e. The number of allylic oxidation sites excluding steroid dienone is 4. The van der Waals surface area contributed by atoms with Crippen molar-refractivity contribution in [1.82, 2.24) is 10.3 Å². The molecule has 0 bridgehead atoms. The summed E-state index contributed by atoms with van der Waals surface area (Å²) in [7, 11) is 1.56. The summed E-state index contributed by atoms with van der Waals surface area (Å²) in [5.74, 6) is -0.393. The number of esters is 1. The Morgan fingerprint density at radius 2 is 2.35 bits per heavy atom. The normalized spacial score (nSPS) is 16.1. The molecule has 138 valence electrons. The molecule has 2 rings (SSSR count). The van der Waals surface area contributed by atoms with E-state index in [1.54, 1.807) is 31.7 Å². The number of carbonyl (C=O) groups excluding carboxylic acids is 1. The lowest BCUT2D eigenvalue weighted by molar-refractivity contribution is -0.151. The van der Waals surface area contributed by atoms with Crippen molar-refractivity contribution in [2.75, 3.05) is 7.11 Å². The molecule has 2 atom stereocenters. The number of ether oxygens (including phenoxy) is 2. The molecule has 0 radical (unpaired) electrons. The van der Waals surface area contributed by atoms with Gasteiger partial charge >= 0.3 is 5.97 Å². The first kappa shape index (κ1) is 19.8. The number of hydrogen-bond acceptors (Lipinski definition) is 5. The molecule has 0 fully saturated rings. The number of nitrogens with one attached hydrogen (secondary N) is 1. The zero-order chi connectivity index (χ0) is 18.8. The van der Waals surface area contributed by atoms with E-state index in [0.717, 1.165) is 18.4 Å². The van der Waals surface area contributed by atoms with Crippen molar-refractivity contribution in [3.8, 4) is 0 Å². The summed E-state index contributed by atoms with van der Waals surface area (Å²) >= 11 is 0. The number of pyridine rings is 1. The second-order valence-corrected chi connectivity index (χ2v) is 5.91. The molecule has 0 aliphatic heterocycles. The van der Waals surface area contributed by atoms with E-state index in [2.05, 4.69) is 23.8 Å². The summed E-state index contributed by atoms with van der Waals surface area (Å²) in [6.07, 6.45) is 13.3. The van der Waals surface area contributed by atoms with Gasteiger partial charge in [-0.05, 0) is 36.6 Å². The molecule has 1 aromatic heterocycles. The van der Waals surface area contributed by atoms with Crippen LogP contribution in [-0.2, 0) is 20.8 Å².